The molecule has 2 aromatic heterocycles. The van der Waals surface area contributed by atoms with Gasteiger partial charge in [0.2, 0.25) is 0 Å². The number of ether oxygens (including phenoxy) is 1. The maximum atomic E-state index is 13.9. The number of nitrogens with zero attached hydrogens (tertiary/aromatic N) is 3. The summed E-state index contributed by atoms with van der Waals surface area (Å²) in [5.41, 5.74) is 8.13. The third-order valence-corrected chi connectivity index (χ3v) is 6.26. The maximum Gasteiger partial charge on any atom is 0.166 e. The molecule has 0 amide bonds. The Hall–Kier alpha value is -2.35. The zero-order valence-corrected chi connectivity index (χ0v) is 18.6. The largest absolute Gasteiger partial charge is 0.482 e. The van der Waals surface area contributed by atoms with Gasteiger partial charge in [0.25, 0.3) is 0 Å². The summed E-state index contributed by atoms with van der Waals surface area (Å²) in [5, 5.41) is 8.13. The molecule has 6 nitrogen and oxygen atoms in total. The van der Waals surface area contributed by atoms with Gasteiger partial charge in [0.05, 0.1) is 11.2 Å². The van der Waals surface area contributed by atoms with E-state index < -0.39 is 11.9 Å². The van der Waals surface area contributed by atoms with Crippen molar-refractivity contribution in [3.63, 3.8) is 0 Å². The van der Waals surface area contributed by atoms with E-state index >= 15 is 0 Å². The summed E-state index contributed by atoms with van der Waals surface area (Å²) < 4.78 is 21.8. The van der Waals surface area contributed by atoms with Crippen molar-refractivity contribution >= 4 is 29.0 Å². The monoisotopic (exact) mass is 463 g/mol. The Bertz CT molecular complexity index is 1070. The van der Waals surface area contributed by atoms with Gasteiger partial charge < -0.3 is 15.8 Å². The van der Waals surface area contributed by atoms with E-state index in [0.29, 0.717) is 22.3 Å². The molecule has 164 valence electrons. The van der Waals surface area contributed by atoms with E-state index in [2.05, 4.69) is 15.4 Å². The molecule has 3 N–H and O–H groups in total. The van der Waals surface area contributed by atoms with Crippen molar-refractivity contribution in [1.29, 1.82) is 0 Å². The Morgan fingerprint density at radius 2 is 2.03 bits per heavy atom. The summed E-state index contributed by atoms with van der Waals surface area (Å²) in [4.78, 5) is 4.26. The first-order valence-electron chi connectivity index (χ1n) is 10.2. The summed E-state index contributed by atoms with van der Waals surface area (Å²) >= 11 is 12.3. The van der Waals surface area contributed by atoms with Crippen LogP contribution in [0.4, 0.5) is 10.2 Å². The van der Waals surface area contributed by atoms with Crippen molar-refractivity contribution in [2.75, 3.05) is 18.8 Å². The highest BCUT2D eigenvalue weighted by molar-refractivity contribution is 6.36. The molecule has 1 aliphatic rings. The van der Waals surface area contributed by atoms with Gasteiger partial charge in [-0.2, -0.15) is 5.10 Å². The first-order valence-corrected chi connectivity index (χ1v) is 11.0. The quantitative estimate of drug-likeness (QED) is 0.496. The minimum Gasteiger partial charge on any atom is -0.482 e. The third-order valence-electron chi connectivity index (χ3n) is 5.54. The highest BCUT2D eigenvalue weighted by atomic mass is 35.5. The van der Waals surface area contributed by atoms with Crippen LogP contribution in [-0.4, -0.2) is 27.9 Å². The molecule has 0 saturated carbocycles. The van der Waals surface area contributed by atoms with Crippen LogP contribution in [0, 0.1) is 11.7 Å². The summed E-state index contributed by atoms with van der Waals surface area (Å²) in [6, 6.07) is 4.47. The molecule has 1 atom stereocenters. The van der Waals surface area contributed by atoms with Gasteiger partial charge in [-0.15, -0.1) is 0 Å². The molecule has 0 radical (unpaired) electrons. The predicted molar refractivity (Wildman–Crippen MR) is 121 cm³/mol. The number of nitrogen functional groups attached to an aromatic ring is 1. The second-order valence-corrected chi connectivity index (χ2v) is 8.55. The van der Waals surface area contributed by atoms with Crippen molar-refractivity contribution in [1.82, 2.24) is 20.1 Å². The van der Waals surface area contributed by atoms with Crippen LogP contribution in [0.25, 0.3) is 11.1 Å². The van der Waals surface area contributed by atoms with Crippen LogP contribution in [0.15, 0.2) is 36.8 Å². The van der Waals surface area contributed by atoms with Crippen molar-refractivity contribution in [3.8, 4) is 16.9 Å². The predicted octanol–water partition coefficient (Wildman–Crippen LogP) is 5.11. The Balaban J connectivity index is 1.53. The summed E-state index contributed by atoms with van der Waals surface area (Å²) in [5.74, 6) is 0.658. The molecular weight excluding hydrogens is 440 g/mol. The second kappa shape index (κ2) is 9.42. The number of anilines is 1. The lowest BCUT2D eigenvalue weighted by Crippen LogP contribution is -2.29. The van der Waals surface area contributed by atoms with Gasteiger partial charge in [0.1, 0.15) is 11.9 Å². The van der Waals surface area contributed by atoms with Gasteiger partial charge in [0, 0.05) is 40.7 Å². The lowest BCUT2D eigenvalue weighted by atomic mass is 9.98. The molecule has 1 aliphatic heterocycles. The van der Waals surface area contributed by atoms with Crippen LogP contribution in [0.1, 0.15) is 31.4 Å². The highest BCUT2D eigenvalue weighted by Crippen LogP contribution is 2.37. The first kappa shape index (κ1) is 21.9. The fourth-order valence-electron chi connectivity index (χ4n) is 3.81. The minimum atomic E-state index is -0.627. The second-order valence-electron chi connectivity index (χ2n) is 7.77. The number of piperidine rings is 1. The Labute approximate surface area is 190 Å². The van der Waals surface area contributed by atoms with Gasteiger partial charge >= 0.3 is 0 Å². The summed E-state index contributed by atoms with van der Waals surface area (Å²) in [6.07, 6.45) is 7.17. The normalized spacial score (nSPS) is 15.7. The van der Waals surface area contributed by atoms with Gasteiger partial charge in [0.15, 0.2) is 11.6 Å². The molecule has 0 aliphatic carbocycles. The van der Waals surface area contributed by atoms with Crippen LogP contribution in [0.3, 0.4) is 0 Å². The van der Waals surface area contributed by atoms with Gasteiger partial charge in [-0.05, 0) is 57.0 Å². The Morgan fingerprint density at radius 1 is 1.26 bits per heavy atom. The van der Waals surface area contributed by atoms with E-state index in [4.69, 9.17) is 33.7 Å². The molecule has 4 rings (SSSR count). The van der Waals surface area contributed by atoms with Gasteiger partial charge in [-0.1, -0.05) is 23.2 Å². The molecule has 1 saturated heterocycles. The molecule has 1 aromatic carbocycles. The first-order chi connectivity index (χ1) is 14.9. The molecule has 1 fully saturated rings. The van der Waals surface area contributed by atoms with Crippen LogP contribution in [0.2, 0.25) is 10.0 Å². The van der Waals surface area contributed by atoms with E-state index in [1.165, 1.54) is 12.1 Å². The van der Waals surface area contributed by atoms with Crippen LogP contribution >= 0.6 is 23.2 Å². The summed E-state index contributed by atoms with van der Waals surface area (Å²) in [7, 11) is 0. The average Bonchev–Trinajstić information content (AvgIpc) is 3.22. The van der Waals surface area contributed by atoms with E-state index in [0.717, 1.165) is 43.6 Å². The van der Waals surface area contributed by atoms with Crippen molar-refractivity contribution in [2.24, 2.45) is 5.92 Å². The number of aromatic nitrogens is 3. The molecule has 3 heterocycles. The SMILES string of the molecule is CC(Oc1cc(-c2cnn(CC3CCNCC3)c2)cnc1N)c1c(Cl)ccc(F)c1Cl. The van der Waals surface area contributed by atoms with E-state index in [9.17, 15) is 4.39 Å². The fraction of sp³-hybridized carbons (Fsp3) is 0.364. The van der Waals surface area contributed by atoms with Gasteiger partial charge in [-0.25, -0.2) is 9.37 Å². The number of hydrogen-bond donors (Lipinski definition) is 2. The highest BCUT2D eigenvalue weighted by Gasteiger charge is 2.20. The van der Waals surface area contributed by atoms with Crippen molar-refractivity contribution < 1.29 is 9.13 Å². The number of hydrogen-bond acceptors (Lipinski definition) is 5. The number of pyridine rings is 1. The standard InChI is InChI=1S/C22H24Cl2FN5O/c1-13(20-17(23)2-3-18(25)21(20)24)31-19-8-15(9-28-22(19)26)16-10-29-30(12-16)11-14-4-6-27-7-5-14/h2-3,8-10,12-14,27H,4-7,11H2,1H3,(H2,26,28). The summed E-state index contributed by atoms with van der Waals surface area (Å²) in [6.45, 7) is 4.73. The molecular formula is C22H24Cl2FN5O. The zero-order valence-electron chi connectivity index (χ0n) is 17.1. The van der Waals surface area contributed by atoms with E-state index in [-0.39, 0.29) is 10.8 Å². The molecule has 9 heteroatoms. The third kappa shape index (κ3) is 4.95. The number of rotatable bonds is 6. The average molecular weight is 464 g/mol. The van der Waals surface area contributed by atoms with Crippen LogP contribution < -0.4 is 15.8 Å². The van der Waals surface area contributed by atoms with E-state index in [1.807, 2.05) is 17.1 Å². The van der Waals surface area contributed by atoms with Crippen molar-refractivity contribution in [3.05, 3.63) is 58.2 Å². The zero-order chi connectivity index (χ0) is 22.0. The lowest BCUT2D eigenvalue weighted by Gasteiger charge is -2.22. The number of halogens is 3. The smallest absolute Gasteiger partial charge is 0.166 e. The van der Waals surface area contributed by atoms with E-state index in [1.54, 1.807) is 19.2 Å². The van der Waals surface area contributed by atoms with Gasteiger partial charge in [-0.3, -0.25) is 4.68 Å². The lowest BCUT2D eigenvalue weighted by molar-refractivity contribution is 0.227. The molecule has 31 heavy (non-hydrogen) atoms. The van der Waals surface area contributed by atoms with Crippen LogP contribution in [0.5, 0.6) is 5.75 Å². The van der Waals surface area contributed by atoms with Crippen molar-refractivity contribution in [2.45, 2.75) is 32.4 Å². The maximum absolute atomic E-state index is 13.9. The minimum absolute atomic E-state index is 0.0677. The molecule has 3 aromatic rings. The molecule has 0 bridgehead atoms. The fourth-order valence-corrected chi connectivity index (χ4v) is 4.49. The number of nitrogens with two attached hydrogens (primary N) is 1. The van der Waals surface area contributed by atoms with Crippen LogP contribution in [-0.2, 0) is 6.54 Å². The molecule has 1 unspecified atom stereocenters. The molecule has 0 spiro atoms. The number of benzene rings is 1. The Morgan fingerprint density at radius 3 is 2.81 bits per heavy atom. The topological polar surface area (TPSA) is 78.0 Å². The number of nitrogens with one attached hydrogen (secondary N) is 1. The Kier molecular flexibility index (Phi) is 6.65.